The summed E-state index contributed by atoms with van der Waals surface area (Å²) in [5.41, 5.74) is 4.55. The van der Waals surface area contributed by atoms with Crippen molar-refractivity contribution in [2.24, 2.45) is 0 Å². The van der Waals surface area contributed by atoms with Crippen molar-refractivity contribution in [3.8, 4) is 0 Å². The van der Waals surface area contributed by atoms with Crippen molar-refractivity contribution >= 4 is 12.6 Å². The summed E-state index contributed by atoms with van der Waals surface area (Å²) in [7, 11) is -0.249. The van der Waals surface area contributed by atoms with E-state index in [9.17, 15) is 0 Å². The molecule has 1 saturated heterocycles. The molecule has 0 atom stereocenters. The molecule has 1 aromatic carbocycles. The van der Waals surface area contributed by atoms with Gasteiger partial charge in [-0.25, -0.2) is 0 Å². The Bertz CT molecular complexity index is 476. The Kier molecular flexibility index (Phi) is 3.57. The van der Waals surface area contributed by atoms with Gasteiger partial charge in [-0.15, -0.1) is 0 Å². The minimum atomic E-state index is -0.278. The monoisotopic (exact) mass is 260 g/mol. The zero-order valence-corrected chi connectivity index (χ0v) is 13.3. The molecule has 104 valence electrons. The fourth-order valence-corrected chi connectivity index (χ4v) is 2.66. The van der Waals surface area contributed by atoms with Crippen LogP contribution in [-0.4, -0.2) is 18.3 Å². The van der Waals surface area contributed by atoms with E-state index in [-0.39, 0.29) is 18.3 Å². The van der Waals surface area contributed by atoms with Crippen LogP contribution in [0.5, 0.6) is 0 Å². The summed E-state index contributed by atoms with van der Waals surface area (Å²) >= 11 is 0. The number of benzene rings is 1. The highest BCUT2D eigenvalue weighted by molar-refractivity contribution is 6.63. The molecule has 1 heterocycles. The fourth-order valence-electron chi connectivity index (χ4n) is 2.66. The number of hydrogen-bond donors (Lipinski definition) is 0. The molecular weight excluding hydrogens is 235 g/mol. The van der Waals surface area contributed by atoms with E-state index in [1.165, 1.54) is 22.2 Å². The van der Waals surface area contributed by atoms with Crippen LogP contribution in [0.15, 0.2) is 12.1 Å². The number of rotatable bonds is 2. The molecule has 1 aliphatic rings. The van der Waals surface area contributed by atoms with Crippen molar-refractivity contribution in [3.63, 3.8) is 0 Å². The Morgan fingerprint density at radius 3 is 2.00 bits per heavy atom. The molecule has 1 fully saturated rings. The Labute approximate surface area is 117 Å². The second kappa shape index (κ2) is 4.64. The molecule has 0 aliphatic carbocycles. The first-order valence-electron chi connectivity index (χ1n) is 7.13. The Balaban J connectivity index is 2.45. The smallest absolute Gasteiger partial charge is 0.399 e. The van der Waals surface area contributed by atoms with E-state index < -0.39 is 0 Å². The zero-order chi connectivity index (χ0) is 14.4. The molecule has 0 bridgehead atoms. The summed E-state index contributed by atoms with van der Waals surface area (Å²) in [6.45, 7) is 14.9. The largest absolute Gasteiger partial charge is 0.495 e. The first-order valence-corrected chi connectivity index (χ1v) is 7.13. The lowest BCUT2D eigenvalue weighted by molar-refractivity contribution is 0.00578. The van der Waals surface area contributed by atoms with Crippen LogP contribution in [0.25, 0.3) is 0 Å². The average molecular weight is 260 g/mol. The third-order valence-corrected chi connectivity index (χ3v) is 4.49. The fraction of sp³-hybridized carbons (Fsp3) is 0.625. The van der Waals surface area contributed by atoms with E-state index in [2.05, 4.69) is 60.6 Å². The summed E-state index contributed by atoms with van der Waals surface area (Å²) < 4.78 is 12.4. The van der Waals surface area contributed by atoms with Gasteiger partial charge in [-0.05, 0) is 59.0 Å². The molecular formula is C16H25BO2. The minimum Gasteiger partial charge on any atom is -0.399 e. The summed E-state index contributed by atoms with van der Waals surface area (Å²) in [6, 6.07) is 4.45. The van der Waals surface area contributed by atoms with Crippen LogP contribution >= 0.6 is 0 Å². The Morgan fingerprint density at radius 1 is 1.00 bits per heavy atom. The van der Waals surface area contributed by atoms with Gasteiger partial charge < -0.3 is 9.31 Å². The molecule has 0 aromatic heterocycles. The molecule has 0 radical (unpaired) electrons. The third kappa shape index (κ3) is 2.46. The van der Waals surface area contributed by atoms with Crippen LogP contribution in [0, 0.1) is 13.8 Å². The highest BCUT2D eigenvalue weighted by Crippen LogP contribution is 2.37. The second-order valence-electron chi connectivity index (χ2n) is 6.60. The summed E-state index contributed by atoms with van der Waals surface area (Å²) in [4.78, 5) is 0. The molecule has 2 nitrogen and oxygen atoms in total. The molecule has 3 heteroatoms. The van der Waals surface area contributed by atoms with Gasteiger partial charge in [0.25, 0.3) is 0 Å². The van der Waals surface area contributed by atoms with E-state index >= 15 is 0 Å². The highest BCUT2D eigenvalue weighted by Gasteiger charge is 2.52. The SMILES string of the molecule is CCc1cc(C)cc(C)c1B1OC(C)(C)C(C)(C)O1. The maximum atomic E-state index is 6.19. The average Bonchev–Trinajstić information content (AvgIpc) is 2.46. The molecule has 0 N–H and O–H groups in total. The van der Waals surface area contributed by atoms with Crippen LogP contribution < -0.4 is 5.46 Å². The van der Waals surface area contributed by atoms with Crippen molar-refractivity contribution in [1.82, 2.24) is 0 Å². The zero-order valence-electron chi connectivity index (χ0n) is 13.3. The lowest BCUT2D eigenvalue weighted by Crippen LogP contribution is -2.41. The molecule has 0 spiro atoms. The predicted octanol–water partition coefficient (Wildman–Crippen LogP) is 3.17. The van der Waals surface area contributed by atoms with Crippen LogP contribution in [0.3, 0.4) is 0 Å². The van der Waals surface area contributed by atoms with Crippen LogP contribution in [0.2, 0.25) is 0 Å². The molecule has 0 amide bonds. The topological polar surface area (TPSA) is 18.5 Å². The highest BCUT2D eigenvalue weighted by atomic mass is 16.7. The lowest BCUT2D eigenvalue weighted by atomic mass is 9.72. The maximum Gasteiger partial charge on any atom is 0.495 e. The lowest BCUT2D eigenvalue weighted by Gasteiger charge is -2.32. The van der Waals surface area contributed by atoms with Crippen LogP contribution in [-0.2, 0) is 15.7 Å². The van der Waals surface area contributed by atoms with Gasteiger partial charge in [0, 0.05) is 0 Å². The molecule has 19 heavy (non-hydrogen) atoms. The van der Waals surface area contributed by atoms with Gasteiger partial charge in [-0.1, -0.05) is 30.2 Å². The normalized spacial score (nSPS) is 20.9. The first kappa shape index (κ1) is 14.6. The minimum absolute atomic E-state index is 0.249. The number of hydrogen-bond acceptors (Lipinski definition) is 2. The van der Waals surface area contributed by atoms with Crippen molar-refractivity contribution in [2.75, 3.05) is 0 Å². The molecule has 0 unspecified atom stereocenters. The van der Waals surface area contributed by atoms with Gasteiger partial charge in [0.15, 0.2) is 0 Å². The van der Waals surface area contributed by atoms with Crippen molar-refractivity contribution in [1.29, 1.82) is 0 Å². The van der Waals surface area contributed by atoms with Gasteiger partial charge in [-0.2, -0.15) is 0 Å². The Hall–Kier alpha value is -0.795. The molecule has 1 aliphatic heterocycles. The van der Waals surface area contributed by atoms with Crippen molar-refractivity contribution in [2.45, 2.75) is 66.1 Å². The maximum absolute atomic E-state index is 6.19. The summed E-state index contributed by atoms with van der Waals surface area (Å²) in [5.74, 6) is 0. The van der Waals surface area contributed by atoms with Gasteiger partial charge in [0.2, 0.25) is 0 Å². The van der Waals surface area contributed by atoms with Crippen molar-refractivity contribution < 1.29 is 9.31 Å². The van der Waals surface area contributed by atoms with E-state index in [1.807, 2.05) is 0 Å². The number of aryl methyl sites for hydroxylation is 3. The third-order valence-electron chi connectivity index (χ3n) is 4.49. The van der Waals surface area contributed by atoms with E-state index in [0.717, 1.165) is 6.42 Å². The van der Waals surface area contributed by atoms with Gasteiger partial charge in [0.05, 0.1) is 11.2 Å². The standard InChI is InChI=1S/C16H25BO2/c1-8-13-10-11(2)9-12(3)14(13)17-18-15(4,5)16(6,7)19-17/h9-10H,8H2,1-7H3. The summed E-state index contributed by atoms with van der Waals surface area (Å²) in [5, 5.41) is 0. The van der Waals surface area contributed by atoms with Gasteiger partial charge >= 0.3 is 7.12 Å². The van der Waals surface area contributed by atoms with E-state index in [0.29, 0.717) is 0 Å². The van der Waals surface area contributed by atoms with Crippen LogP contribution in [0.4, 0.5) is 0 Å². The Morgan fingerprint density at radius 2 is 1.53 bits per heavy atom. The molecule has 1 aromatic rings. The predicted molar refractivity (Wildman–Crippen MR) is 81.0 cm³/mol. The first-order chi connectivity index (χ1) is 8.68. The van der Waals surface area contributed by atoms with Crippen molar-refractivity contribution in [3.05, 3.63) is 28.8 Å². The quantitative estimate of drug-likeness (QED) is 0.760. The second-order valence-corrected chi connectivity index (χ2v) is 6.60. The molecule has 0 saturated carbocycles. The van der Waals surface area contributed by atoms with E-state index in [1.54, 1.807) is 0 Å². The molecule has 2 rings (SSSR count). The van der Waals surface area contributed by atoms with Crippen LogP contribution in [0.1, 0.15) is 51.3 Å². The van der Waals surface area contributed by atoms with Gasteiger partial charge in [-0.3, -0.25) is 0 Å². The van der Waals surface area contributed by atoms with E-state index in [4.69, 9.17) is 9.31 Å². The van der Waals surface area contributed by atoms with Gasteiger partial charge in [0.1, 0.15) is 0 Å². The summed E-state index contributed by atoms with van der Waals surface area (Å²) in [6.07, 6.45) is 1.00.